The molecule has 5 heteroatoms. The Bertz CT molecular complexity index is 804. The van der Waals surface area contributed by atoms with Crippen LogP contribution in [0.25, 0.3) is 0 Å². The van der Waals surface area contributed by atoms with Gasteiger partial charge in [0.2, 0.25) is 0 Å². The second-order valence-electron chi connectivity index (χ2n) is 7.74. The van der Waals surface area contributed by atoms with Gasteiger partial charge in [0, 0.05) is 44.6 Å². The molecule has 0 aliphatic carbocycles. The molecular formula is C22H28N4O. The van der Waals surface area contributed by atoms with Gasteiger partial charge in [-0.3, -0.25) is 9.78 Å². The van der Waals surface area contributed by atoms with E-state index in [0.29, 0.717) is 11.6 Å². The summed E-state index contributed by atoms with van der Waals surface area (Å²) >= 11 is 0. The molecule has 0 spiro atoms. The summed E-state index contributed by atoms with van der Waals surface area (Å²) in [5, 5.41) is 3.38. The minimum atomic E-state index is 0.0476. The van der Waals surface area contributed by atoms with E-state index in [1.165, 1.54) is 22.4 Å². The summed E-state index contributed by atoms with van der Waals surface area (Å²) in [5.41, 5.74) is 5.66. The van der Waals surface area contributed by atoms with E-state index in [-0.39, 0.29) is 5.91 Å². The first-order chi connectivity index (χ1) is 13.1. The Balaban J connectivity index is 1.38. The van der Waals surface area contributed by atoms with Gasteiger partial charge in [0.25, 0.3) is 5.91 Å². The monoisotopic (exact) mass is 364 g/mol. The lowest BCUT2D eigenvalue weighted by atomic mass is 10.00. The van der Waals surface area contributed by atoms with Gasteiger partial charge < -0.3 is 15.1 Å². The number of rotatable bonds is 3. The van der Waals surface area contributed by atoms with E-state index in [9.17, 15) is 4.79 Å². The summed E-state index contributed by atoms with van der Waals surface area (Å²) in [4.78, 5) is 21.6. The quantitative estimate of drug-likeness (QED) is 0.910. The molecule has 0 radical (unpaired) electrons. The van der Waals surface area contributed by atoms with E-state index in [2.05, 4.69) is 53.3 Å². The lowest BCUT2D eigenvalue weighted by molar-refractivity contribution is 0.0741. The van der Waals surface area contributed by atoms with Crippen LogP contribution in [0.4, 0.5) is 5.69 Å². The van der Waals surface area contributed by atoms with Crippen molar-refractivity contribution in [2.24, 2.45) is 0 Å². The number of aromatic nitrogens is 1. The molecule has 4 rings (SSSR count). The number of benzene rings is 1. The molecule has 27 heavy (non-hydrogen) atoms. The number of carbonyl (C=O) groups is 1. The van der Waals surface area contributed by atoms with Gasteiger partial charge in [-0.1, -0.05) is 23.8 Å². The Hall–Kier alpha value is -2.40. The van der Waals surface area contributed by atoms with Crippen molar-refractivity contribution in [3.05, 3.63) is 58.9 Å². The van der Waals surface area contributed by atoms with Gasteiger partial charge in [0.1, 0.15) is 5.69 Å². The molecule has 2 saturated heterocycles. The fourth-order valence-electron chi connectivity index (χ4n) is 4.19. The average molecular weight is 364 g/mol. The highest BCUT2D eigenvalue weighted by molar-refractivity contribution is 5.92. The van der Waals surface area contributed by atoms with Gasteiger partial charge >= 0.3 is 0 Å². The number of nitrogens with one attached hydrogen (secondary N) is 1. The predicted molar refractivity (Wildman–Crippen MR) is 108 cm³/mol. The molecule has 1 aromatic heterocycles. The van der Waals surface area contributed by atoms with E-state index in [1.54, 1.807) is 0 Å². The van der Waals surface area contributed by atoms with Crippen molar-refractivity contribution in [3.63, 3.8) is 0 Å². The summed E-state index contributed by atoms with van der Waals surface area (Å²) in [6.07, 6.45) is 3.03. The molecule has 1 unspecified atom stereocenters. The van der Waals surface area contributed by atoms with Crippen LogP contribution in [0.2, 0.25) is 0 Å². The molecule has 2 aliphatic heterocycles. The Labute approximate surface area is 161 Å². The zero-order chi connectivity index (χ0) is 18.8. The van der Waals surface area contributed by atoms with Crippen LogP contribution in [0.15, 0.2) is 36.5 Å². The van der Waals surface area contributed by atoms with Crippen molar-refractivity contribution < 1.29 is 4.79 Å². The van der Waals surface area contributed by atoms with Gasteiger partial charge in [-0.05, 0) is 56.0 Å². The first-order valence-corrected chi connectivity index (χ1v) is 9.90. The smallest absolute Gasteiger partial charge is 0.272 e. The number of nitrogens with zero attached hydrogens (tertiary/aromatic N) is 3. The van der Waals surface area contributed by atoms with Crippen molar-refractivity contribution in [2.75, 3.05) is 44.2 Å². The van der Waals surface area contributed by atoms with E-state index in [1.807, 2.05) is 17.2 Å². The minimum Gasteiger partial charge on any atom is -0.368 e. The third kappa shape index (κ3) is 3.83. The second-order valence-corrected chi connectivity index (χ2v) is 7.74. The highest BCUT2D eigenvalue weighted by Crippen LogP contribution is 2.24. The summed E-state index contributed by atoms with van der Waals surface area (Å²) < 4.78 is 0. The topological polar surface area (TPSA) is 48.5 Å². The molecular weight excluding hydrogens is 336 g/mol. The van der Waals surface area contributed by atoms with Crippen LogP contribution in [0.1, 0.15) is 39.5 Å². The molecule has 1 amide bonds. The average Bonchev–Trinajstić information content (AvgIpc) is 3.23. The lowest BCUT2D eigenvalue weighted by Gasteiger charge is -2.36. The Morgan fingerprint density at radius 2 is 1.93 bits per heavy atom. The Morgan fingerprint density at radius 1 is 1.11 bits per heavy atom. The van der Waals surface area contributed by atoms with Crippen molar-refractivity contribution in [1.29, 1.82) is 0 Å². The zero-order valence-corrected chi connectivity index (χ0v) is 16.2. The van der Waals surface area contributed by atoms with E-state index < -0.39 is 0 Å². The zero-order valence-electron chi connectivity index (χ0n) is 16.2. The van der Waals surface area contributed by atoms with Crippen LogP contribution in [-0.2, 0) is 0 Å². The Kier molecular flexibility index (Phi) is 5.12. The molecule has 2 fully saturated rings. The third-order valence-corrected chi connectivity index (χ3v) is 5.80. The minimum absolute atomic E-state index is 0.0476. The SMILES string of the molecule is Cc1ccc(N2CCN(C(=O)c3ccc(C4CCNC4)cn3)CC2)c(C)c1. The van der Waals surface area contributed by atoms with Crippen molar-refractivity contribution >= 4 is 11.6 Å². The van der Waals surface area contributed by atoms with Gasteiger partial charge in [-0.2, -0.15) is 0 Å². The fourth-order valence-corrected chi connectivity index (χ4v) is 4.19. The summed E-state index contributed by atoms with van der Waals surface area (Å²) in [6, 6.07) is 10.5. The molecule has 5 nitrogen and oxygen atoms in total. The molecule has 2 aliphatic rings. The standard InChI is InChI=1S/C22H28N4O/c1-16-3-6-21(17(2)13-16)25-9-11-26(12-10-25)22(27)20-5-4-18(15-24-20)19-7-8-23-14-19/h3-6,13,15,19,23H,7-12,14H2,1-2H3. The third-order valence-electron chi connectivity index (χ3n) is 5.80. The van der Waals surface area contributed by atoms with Gasteiger partial charge in [-0.15, -0.1) is 0 Å². The number of hydrogen-bond donors (Lipinski definition) is 1. The molecule has 0 bridgehead atoms. The van der Waals surface area contributed by atoms with E-state index in [4.69, 9.17) is 0 Å². The van der Waals surface area contributed by atoms with Crippen LogP contribution < -0.4 is 10.2 Å². The molecule has 1 N–H and O–H groups in total. The van der Waals surface area contributed by atoms with Crippen LogP contribution in [0.5, 0.6) is 0 Å². The molecule has 1 aromatic carbocycles. The number of piperazine rings is 1. The maximum absolute atomic E-state index is 12.8. The molecule has 1 atom stereocenters. The summed E-state index contributed by atoms with van der Waals surface area (Å²) in [6.45, 7) is 9.55. The van der Waals surface area contributed by atoms with Gasteiger partial charge in [0.15, 0.2) is 0 Å². The molecule has 3 heterocycles. The van der Waals surface area contributed by atoms with Crippen molar-refractivity contribution in [3.8, 4) is 0 Å². The van der Waals surface area contributed by atoms with Crippen LogP contribution >= 0.6 is 0 Å². The van der Waals surface area contributed by atoms with E-state index in [0.717, 1.165) is 45.7 Å². The number of amides is 1. The van der Waals surface area contributed by atoms with Crippen LogP contribution in [0, 0.1) is 13.8 Å². The maximum atomic E-state index is 12.8. The summed E-state index contributed by atoms with van der Waals surface area (Å²) in [7, 11) is 0. The van der Waals surface area contributed by atoms with Crippen LogP contribution in [0.3, 0.4) is 0 Å². The number of pyridine rings is 1. The number of anilines is 1. The first-order valence-electron chi connectivity index (χ1n) is 9.90. The first kappa shape index (κ1) is 18.0. The predicted octanol–water partition coefficient (Wildman–Crippen LogP) is 2.74. The summed E-state index contributed by atoms with van der Waals surface area (Å²) in [5.74, 6) is 0.578. The van der Waals surface area contributed by atoms with Crippen molar-refractivity contribution in [2.45, 2.75) is 26.2 Å². The molecule has 2 aromatic rings. The largest absolute Gasteiger partial charge is 0.368 e. The van der Waals surface area contributed by atoms with Gasteiger partial charge in [0.05, 0.1) is 0 Å². The van der Waals surface area contributed by atoms with E-state index >= 15 is 0 Å². The lowest BCUT2D eigenvalue weighted by Crippen LogP contribution is -2.49. The number of hydrogen-bond acceptors (Lipinski definition) is 4. The highest BCUT2D eigenvalue weighted by atomic mass is 16.2. The highest BCUT2D eigenvalue weighted by Gasteiger charge is 2.24. The maximum Gasteiger partial charge on any atom is 0.272 e. The molecule has 0 saturated carbocycles. The molecule has 142 valence electrons. The van der Waals surface area contributed by atoms with Crippen LogP contribution in [-0.4, -0.2) is 55.1 Å². The number of carbonyl (C=O) groups excluding carboxylic acids is 1. The Morgan fingerprint density at radius 3 is 2.56 bits per heavy atom. The van der Waals surface area contributed by atoms with Gasteiger partial charge in [-0.25, -0.2) is 0 Å². The van der Waals surface area contributed by atoms with Crippen molar-refractivity contribution in [1.82, 2.24) is 15.2 Å². The number of aryl methyl sites for hydroxylation is 2. The fraction of sp³-hybridized carbons (Fsp3) is 0.455. The normalized spacial score (nSPS) is 20.1. The second kappa shape index (κ2) is 7.69.